The number of anilines is 1. The molecule has 3 N–H and O–H groups in total. The van der Waals surface area contributed by atoms with Gasteiger partial charge in [-0.25, -0.2) is 0 Å². The average molecular weight is 253 g/mol. The van der Waals surface area contributed by atoms with Crippen molar-refractivity contribution in [1.29, 1.82) is 0 Å². The zero-order valence-electron chi connectivity index (χ0n) is 9.48. The van der Waals surface area contributed by atoms with Gasteiger partial charge < -0.3 is 11.1 Å². The summed E-state index contributed by atoms with van der Waals surface area (Å²) in [6.07, 6.45) is 2.07. The van der Waals surface area contributed by atoms with Crippen molar-refractivity contribution in [1.82, 2.24) is 0 Å². The molecule has 96 valence electrons. The lowest BCUT2D eigenvalue weighted by Gasteiger charge is -2.36. The van der Waals surface area contributed by atoms with Gasteiger partial charge in [0.15, 0.2) is 0 Å². The second kappa shape index (κ2) is 4.34. The molecule has 1 aromatic rings. The fourth-order valence-corrected chi connectivity index (χ4v) is 1.77. The Morgan fingerprint density at radius 1 is 1.50 bits per heavy atom. The number of rotatable bonds is 3. The maximum absolute atomic E-state index is 13.3. The highest BCUT2D eigenvalue weighted by Gasteiger charge is 2.40. The van der Waals surface area contributed by atoms with Crippen LogP contribution in [0.15, 0.2) is 18.2 Å². The molecule has 6 nitrogen and oxygen atoms in total. The van der Waals surface area contributed by atoms with Crippen LogP contribution in [0.5, 0.6) is 0 Å². The van der Waals surface area contributed by atoms with Gasteiger partial charge in [0, 0.05) is 17.8 Å². The van der Waals surface area contributed by atoms with E-state index in [4.69, 9.17) is 5.73 Å². The van der Waals surface area contributed by atoms with Crippen molar-refractivity contribution in [2.45, 2.75) is 24.8 Å². The molecule has 1 amide bonds. The monoisotopic (exact) mass is 253 g/mol. The molecule has 0 atom stereocenters. The van der Waals surface area contributed by atoms with Crippen LogP contribution >= 0.6 is 0 Å². The standard InChI is InChI=1S/C11H12FN3O3/c12-8-6-7(2-3-9(8)15(17)18)14-10(16)11(13)4-1-5-11/h2-3,6H,1,4-5,13H2,(H,14,16). The predicted molar refractivity (Wildman–Crippen MR) is 62.5 cm³/mol. The van der Waals surface area contributed by atoms with Gasteiger partial charge in [0.05, 0.1) is 10.5 Å². The quantitative estimate of drug-likeness (QED) is 0.630. The van der Waals surface area contributed by atoms with Crippen LogP contribution in [-0.4, -0.2) is 16.4 Å². The van der Waals surface area contributed by atoms with Gasteiger partial charge in [-0.3, -0.25) is 14.9 Å². The number of nitrogens with two attached hydrogens (primary N) is 1. The number of carbonyl (C=O) groups is 1. The van der Waals surface area contributed by atoms with Gasteiger partial charge in [-0.2, -0.15) is 4.39 Å². The molecule has 0 unspecified atom stereocenters. The lowest BCUT2D eigenvalue weighted by atomic mass is 9.77. The number of nitro benzene ring substituents is 1. The summed E-state index contributed by atoms with van der Waals surface area (Å²) in [5, 5.41) is 12.9. The third-order valence-electron chi connectivity index (χ3n) is 3.10. The van der Waals surface area contributed by atoms with Crippen LogP contribution in [0.3, 0.4) is 0 Å². The van der Waals surface area contributed by atoms with E-state index in [9.17, 15) is 19.3 Å². The molecule has 2 rings (SSSR count). The summed E-state index contributed by atoms with van der Waals surface area (Å²) in [6, 6.07) is 3.20. The number of hydrogen-bond donors (Lipinski definition) is 2. The molecular formula is C11H12FN3O3. The highest BCUT2D eigenvalue weighted by molar-refractivity contribution is 5.98. The van der Waals surface area contributed by atoms with E-state index in [-0.39, 0.29) is 11.6 Å². The van der Waals surface area contributed by atoms with E-state index in [1.165, 1.54) is 6.07 Å². The summed E-state index contributed by atoms with van der Waals surface area (Å²) < 4.78 is 13.3. The van der Waals surface area contributed by atoms with E-state index in [1.807, 2.05) is 0 Å². The van der Waals surface area contributed by atoms with Crippen molar-refractivity contribution in [3.8, 4) is 0 Å². The number of nitrogens with zero attached hydrogens (tertiary/aromatic N) is 1. The molecule has 1 saturated carbocycles. The Bertz CT molecular complexity index is 514. The van der Waals surface area contributed by atoms with Crippen molar-refractivity contribution >= 4 is 17.3 Å². The van der Waals surface area contributed by atoms with E-state index in [0.717, 1.165) is 18.6 Å². The number of hydrogen-bond acceptors (Lipinski definition) is 4. The van der Waals surface area contributed by atoms with Crippen LogP contribution in [-0.2, 0) is 4.79 Å². The molecule has 0 aliphatic heterocycles. The van der Waals surface area contributed by atoms with E-state index in [0.29, 0.717) is 12.8 Å². The van der Waals surface area contributed by atoms with E-state index >= 15 is 0 Å². The van der Waals surface area contributed by atoms with E-state index in [2.05, 4.69) is 5.32 Å². The third kappa shape index (κ3) is 2.17. The van der Waals surface area contributed by atoms with Gasteiger partial charge in [0.25, 0.3) is 0 Å². The number of halogens is 1. The molecule has 7 heteroatoms. The Morgan fingerprint density at radius 2 is 2.17 bits per heavy atom. The molecule has 1 aromatic carbocycles. The van der Waals surface area contributed by atoms with Crippen molar-refractivity contribution in [3.63, 3.8) is 0 Å². The minimum Gasteiger partial charge on any atom is -0.324 e. The van der Waals surface area contributed by atoms with Crippen LogP contribution in [0.2, 0.25) is 0 Å². The minimum absolute atomic E-state index is 0.167. The largest absolute Gasteiger partial charge is 0.324 e. The summed E-state index contributed by atoms with van der Waals surface area (Å²) in [6.45, 7) is 0. The Labute approximate surface area is 102 Å². The highest BCUT2D eigenvalue weighted by Crippen LogP contribution is 2.30. The first kappa shape index (κ1) is 12.4. The number of amides is 1. The second-order valence-corrected chi connectivity index (χ2v) is 4.39. The molecule has 0 radical (unpaired) electrons. The van der Waals surface area contributed by atoms with Crippen molar-refractivity contribution in [2.24, 2.45) is 5.73 Å². The highest BCUT2D eigenvalue weighted by atomic mass is 19.1. The molecule has 0 spiro atoms. The smallest absolute Gasteiger partial charge is 0.304 e. The number of benzene rings is 1. The molecule has 0 aromatic heterocycles. The maximum Gasteiger partial charge on any atom is 0.304 e. The number of carbonyl (C=O) groups excluding carboxylic acids is 1. The fourth-order valence-electron chi connectivity index (χ4n) is 1.77. The normalized spacial score (nSPS) is 16.8. The maximum atomic E-state index is 13.3. The third-order valence-corrected chi connectivity index (χ3v) is 3.10. The topological polar surface area (TPSA) is 98.3 Å². The van der Waals surface area contributed by atoms with Crippen LogP contribution in [0.4, 0.5) is 15.8 Å². The van der Waals surface area contributed by atoms with Crippen molar-refractivity contribution in [3.05, 3.63) is 34.1 Å². The summed E-state index contributed by atoms with van der Waals surface area (Å²) in [4.78, 5) is 21.4. The predicted octanol–water partition coefficient (Wildman–Crippen LogP) is 1.55. The average Bonchev–Trinajstić information content (AvgIpc) is 2.25. The van der Waals surface area contributed by atoms with Gasteiger partial charge in [0.2, 0.25) is 11.7 Å². The lowest BCUT2D eigenvalue weighted by molar-refractivity contribution is -0.387. The van der Waals surface area contributed by atoms with Crippen LogP contribution in [0, 0.1) is 15.9 Å². The molecular weight excluding hydrogens is 241 g/mol. The Morgan fingerprint density at radius 3 is 2.61 bits per heavy atom. The fraction of sp³-hybridized carbons (Fsp3) is 0.364. The van der Waals surface area contributed by atoms with Gasteiger partial charge in [-0.1, -0.05) is 0 Å². The van der Waals surface area contributed by atoms with Crippen LogP contribution < -0.4 is 11.1 Å². The first-order valence-electron chi connectivity index (χ1n) is 5.47. The number of nitrogens with one attached hydrogen (secondary N) is 1. The summed E-state index contributed by atoms with van der Waals surface area (Å²) in [5.41, 5.74) is 4.45. The molecule has 1 aliphatic carbocycles. The first-order valence-corrected chi connectivity index (χ1v) is 5.47. The zero-order chi connectivity index (χ0) is 13.3. The lowest BCUT2D eigenvalue weighted by Crippen LogP contribution is -2.56. The summed E-state index contributed by atoms with van der Waals surface area (Å²) >= 11 is 0. The molecule has 0 saturated heterocycles. The minimum atomic E-state index is -0.988. The summed E-state index contributed by atoms with van der Waals surface area (Å²) in [7, 11) is 0. The second-order valence-electron chi connectivity index (χ2n) is 4.39. The Kier molecular flexibility index (Phi) is 3.00. The van der Waals surface area contributed by atoms with Gasteiger partial charge >= 0.3 is 5.69 Å². The van der Waals surface area contributed by atoms with Crippen LogP contribution in [0.1, 0.15) is 19.3 Å². The number of nitro groups is 1. The SMILES string of the molecule is NC1(C(=O)Nc2ccc([N+](=O)[O-])c(F)c2)CCC1. The van der Waals surface area contributed by atoms with Gasteiger partial charge in [0.1, 0.15) is 0 Å². The zero-order valence-corrected chi connectivity index (χ0v) is 9.48. The van der Waals surface area contributed by atoms with Gasteiger partial charge in [-0.05, 0) is 25.3 Å². The molecule has 1 aliphatic rings. The van der Waals surface area contributed by atoms with E-state index in [1.54, 1.807) is 0 Å². The molecule has 0 bridgehead atoms. The summed E-state index contributed by atoms with van der Waals surface area (Å²) in [5.74, 6) is -1.38. The Balaban J connectivity index is 2.13. The van der Waals surface area contributed by atoms with Crippen LogP contribution in [0.25, 0.3) is 0 Å². The molecule has 18 heavy (non-hydrogen) atoms. The molecule has 1 fully saturated rings. The van der Waals surface area contributed by atoms with Crippen molar-refractivity contribution in [2.75, 3.05) is 5.32 Å². The molecule has 0 heterocycles. The van der Waals surface area contributed by atoms with Gasteiger partial charge in [-0.15, -0.1) is 0 Å². The van der Waals surface area contributed by atoms with Crippen molar-refractivity contribution < 1.29 is 14.1 Å². The Hall–Kier alpha value is -2.02. The van der Waals surface area contributed by atoms with E-state index < -0.39 is 22.0 Å². The first-order chi connectivity index (χ1) is 8.42.